The van der Waals surface area contributed by atoms with Crippen molar-refractivity contribution in [1.82, 2.24) is 5.32 Å². The Morgan fingerprint density at radius 2 is 1.70 bits per heavy atom. The minimum Gasteiger partial charge on any atom is -0.378 e. The lowest BCUT2D eigenvalue weighted by atomic mass is 9.98. The van der Waals surface area contributed by atoms with Crippen LogP contribution in [-0.2, 0) is 0 Å². The predicted octanol–water partition coefficient (Wildman–Crippen LogP) is 3.59. The molecule has 0 amide bonds. The Labute approximate surface area is 120 Å². The molecule has 0 aliphatic heterocycles. The topological polar surface area (TPSA) is 15.3 Å². The van der Waals surface area contributed by atoms with Crippen molar-refractivity contribution in [1.29, 1.82) is 0 Å². The summed E-state index contributed by atoms with van der Waals surface area (Å²) in [5, 5.41) is 3.35. The molecule has 1 unspecified atom stereocenters. The van der Waals surface area contributed by atoms with E-state index < -0.39 is 0 Å². The molecule has 0 aliphatic rings. The zero-order valence-corrected chi connectivity index (χ0v) is 12.2. The van der Waals surface area contributed by atoms with E-state index in [0.717, 1.165) is 17.8 Å². The first-order valence-electron chi connectivity index (χ1n) is 6.88. The fourth-order valence-corrected chi connectivity index (χ4v) is 2.29. The lowest BCUT2D eigenvalue weighted by Gasteiger charge is -2.21. The monoisotopic (exact) mass is 272 g/mol. The van der Waals surface area contributed by atoms with E-state index in [0.29, 0.717) is 5.56 Å². The van der Waals surface area contributed by atoms with Crippen molar-refractivity contribution in [2.24, 2.45) is 0 Å². The summed E-state index contributed by atoms with van der Waals surface area (Å²) < 4.78 is 14.0. The molecule has 2 rings (SSSR count). The highest BCUT2D eigenvalue weighted by Crippen LogP contribution is 2.25. The summed E-state index contributed by atoms with van der Waals surface area (Å²) in [7, 11) is 4.02. The molecule has 2 aromatic rings. The van der Waals surface area contributed by atoms with E-state index in [1.807, 2.05) is 33.2 Å². The minimum atomic E-state index is -0.171. The van der Waals surface area contributed by atoms with E-state index in [1.165, 1.54) is 6.07 Å². The Hall–Kier alpha value is -1.87. The summed E-state index contributed by atoms with van der Waals surface area (Å²) in [5.41, 5.74) is 2.90. The van der Waals surface area contributed by atoms with Gasteiger partial charge in [-0.15, -0.1) is 0 Å². The molecule has 1 atom stereocenters. The van der Waals surface area contributed by atoms with Gasteiger partial charge in [0.05, 0.1) is 6.04 Å². The van der Waals surface area contributed by atoms with Crippen molar-refractivity contribution < 1.29 is 4.39 Å². The lowest BCUT2D eigenvalue weighted by molar-refractivity contribution is 0.559. The molecule has 3 heteroatoms. The van der Waals surface area contributed by atoms with Gasteiger partial charge in [-0.3, -0.25) is 0 Å². The van der Waals surface area contributed by atoms with E-state index in [1.54, 1.807) is 6.07 Å². The number of rotatable bonds is 5. The van der Waals surface area contributed by atoms with Gasteiger partial charge in [0.2, 0.25) is 0 Å². The van der Waals surface area contributed by atoms with Gasteiger partial charge in [-0.1, -0.05) is 37.3 Å². The predicted molar refractivity (Wildman–Crippen MR) is 82.7 cm³/mol. The number of halogens is 1. The van der Waals surface area contributed by atoms with Gasteiger partial charge in [-0.2, -0.15) is 0 Å². The van der Waals surface area contributed by atoms with Crippen molar-refractivity contribution >= 4 is 5.69 Å². The second kappa shape index (κ2) is 6.53. The van der Waals surface area contributed by atoms with Crippen molar-refractivity contribution in [3.8, 4) is 0 Å². The van der Waals surface area contributed by atoms with Gasteiger partial charge in [-0.25, -0.2) is 4.39 Å². The molecule has 2 aromatic carbocycles. The molecule has 0 aliphatic carbocycles. The second-order valence-corrected chi connectivity index (χ2v) is 5.00. The number of hydrogen-bond donors (Lipinski definition) is 1. The molecule has 1 N–H and O–H groups in total. The molecule has 0 bridgehead atoms. The Morgan fingerprint density at radius 3 is 2.25 bits per heavy atom. The molecule has 0 heterocycles. The van der Waals surface area contributed by atoms with Crippen LogP contribution in [0.2, 0.25) is 0 Å². The van der Waals surface area contributed by atoms with Crippen LogP contribution in [0.4, 0.5) is 10.1 Å². The average Bonchev–Trinajstić information content (AvgIpc) is 2.46. The Balaban J connectivity index is 2.36. The third kappa shape index (κ3) is 3.17. The maximum absolute atomic E-state index is 14.0. The van der Waals surface area contributed by atoms with Crippen LogP contribution in [0.5, 0.6) is 0 Å². The van der Waals surface area contributed by atoms with Gasteiger partial charge in [-0.05, 0) is 30.3 Å². The molecule has 0 fully saturated rings. The van der Waals surface area contributed by atoms with Gasteiger partial charge in [0.25, 0.3) is 0 Å². The van der Waals surface area contributed by atoms with Crippen LogP contribution < -0.4 is 10.2 Å². The quantitative estimate of drug-likeness (QED) is 0.895. The third-order valence-electron chi connectivity index (χ3n) is 3.37. The summed E-state index contributed by atoms with van der Waals surface area (Å²) >= 11 is 0. The Morgan fingerprint density at radius 1 is 1.05 bits per heavy atom. The summed E-state index contributed by atoms with van der Waals surface area (Å²) in [6.45, 7) is 2.82. The highest BCUT2D eigenvalue weighted by molar-refractivity contribution is 5.47. The van der Waals surface area contributed by atoms with Gasteiger partial charge >= 0.3 is 0 Å². The maximum atomic E-state index is 14.0. The highest BCUT2D eigenvalue weighted by Gasteiger charge is 2.16. The Kier molecular flexibility index (Phi) is 4.74. The normalized spacial score (nSPS) is 12.2. The third-order valence-corrected chi connectivity index (χ3v) is 3.37. The van der Waals surface area contributed by atoms with Crippen molar-refractivity contribution in [2.75, 3.05) is 25.5 Å². The molecule has 106 valence electrons. The molecule has 2 nitrogen and oxygen atoms in total. The molecular weight excluding hydrogens is 251 g/mol. The molecule has 0 saturated carbocycles. The van der Waals surface area contributed by atoms with Crippen LogP contribution in [-0.4, -0.2) is 20.6 Å². The smallest absolute Gasteiger partial charge is 0.128 e. The largest absolute Gasteiger partial charge is 0.378 e. The van der Waals surface area contributed by atoms with Crippen LogP contribution in [0.3, 0.4) is 0 Å². The van der Waals surface area contributed by atoms with Gasteiger partial charge in [0, 0.05) is 25.3 Å². The van der Waals surface area contributed by atoms with Crippen LogP contribution >= 0.6 is 0 Å². The van der Waals surface area contributed by atoms with E-state index in [-0.39, 0.29) is 11.9 Å². The maximum Gasteiger partial charge on any atom is 0.128 e. The molecular formula is C17H21FN2. The zero-order valence-electron chi connectivity index (χ0n) is 12.2. The van der Waals surface area contributed by atoms with Crippen LogP contribution in [0.1, 0.15) is 24.1 Å². The van der Waals surface area contributed by atoms with E-state index >= 15 is 0 Å². The first-order chi connectivity index (χ1) is 9.63. The highest BCUT2D eigenvalue weighted by atomic mass is 19.1. The first kappa shape index (κ1) is 14.5. The number of nitrogens with one attached hydrogen (secondary N) is 1. The molecule has 0 spiro atoms. The first-order valence-corrected chi connectivity index (χ1v) is 6.88. The zero-order chi connectivity index (χ0) is 14.5. The lowest BCUT2D eigenvalue weighted by Crippen LogP contribution is -2.23. The SMILES string of the molecule is CCNC(c1ccc(N(C)C)cc1)c1ccccc1F. The van der Waals surface area contributed by atoms with Crippen LogP contribution in [0.25, 0.3) is 0 Å². The van der Waals surface area contributed by atoms with Crippen molar-refractivity contribution in [3.05, 3.63) is 65.5 Å². The van der Waals surface area contributed by atoms with Gasteiger partial charge in [0.15, 0.2) is 0 Å². The fourth-order valence-electron chi connectivity index (χ4n) is 2.29. The molecule has 0 aromatic heterocycles. The van der Waals surface area contributed by atoms with Crippen molar-refractivity contribution in [2.45, 2.75) is 13.0 Å². The molecule has 0 saturated heterocycles. The van der Waals surface area contributed by atoms with Gasteiger partial charge in [0.1, 0.15) is 5.82 Å². The summed E-state index contributed by atoms with van der Waals surface area (Å²) in [4.78, 5) is 2.05. The number of hydrogen-bond acceptors (Lipinski definition) is 2. The average molecular weight is 272 g/mol. The summed E-state index contributed by atoms with van der Waals surface area (Å²) in [5.74, 6) is -0.171. The number of anilines is 1. The Bertz CT molecular complexity index is 549. The summed E-state index contributed by atoms with van der Waals surface area (Å²) in [6, 6.07) is 15.0. The van der Waals surface area contributed by atoms with E-state index in [9.17, 15) is 4.39 Å². The van der Waals surface area contributed by atoms with E-state index in [2.05, 4.69) is 34.5 Å². The van der Waals surface area contributed by atoms with Crippen LogP contribution in [0.15, 0.2) is 48.5 Å². The minimum absolute atomic E-state index is 0.114. The molecule has 0 radical (unpaired) electrons. The van der Waals surface area contributed by atoms with E-state index in [4.69, 9.17) is 0 Å². The standard InChI is InChI=1S/C17H21FN2/c1-4-19-17(15-7-5-6-8-16(15)18)13-9-11-14(12-10-13)20(2)3/h5-12,17,19H,4H2,1-3H3. The van der Waals surface area contributed by atoms with Crippen LogP contribution in [0, 0.1) is 5.82 Å². The fraction of sp³-hybridized carbons (Fsp3) is 0.294. The van der Waals surface area contributed by atoms with Gasteiger partial charge < -0.3 is 10.2 Å². The second-order valence-electron chi connectivity index (χ2n) is 5.00. The molecule has 20 heavy (non-hydrogen) atoms. The number of benzene rings is 2. The van der Waals surface area contributed by atoms with Crippen molar-refractivity contribution in [3.63, 3.8) is 0 Å². The number of nitrogens with zero attached hydrogens (tertiary/aromatic N) is 1. The summed E-state index contributed by atoms with van der Waals surface area (Å²) in [6.07, 6.45) is 0.